The molecule has 0 fully saturated rings. The number of carbonyl (C=O) groups excluding carboxylic acids is 1. The fraction of sp³-hybridized carbons (Fsp3) is 0.364. The third-order valence-electron chi connectivity index (χ3n) is 2.21. The fourth-order valence-corrected chi connectivity index (χ4v) is 1.49. The van der Waals surface area contributed by atoms with E-state index in [1.807, 2.05) is 0 Å². The van der Waals surface area contributed by atoms with E-state index in [1.165, 1.54) is 6.07 Å². The van der Waals surface area contributed by atoms with E-state index in [2.05, 4.69) is 5.32 Å². The number of alkyl halides is 1. The molecule has 1 aromatic rings. The molecule has 1 N–H and O–H groups in total. The molecule has 104 valence electrons. The Kier molecular flexibility index (Phi) is 5.37. The van der Waals surface area contributed by atoms with Gasteiger partial charge in [-0.3, -0.25) is 15.4 Å². The number of hydrogen-bond acceptors (Lipinski definition) is 5. The first-order valence-corrected chi connectivity index (χ1v) is 5.94. The maximum absolute atomic E-state index is 11.3. The van der Waals surface area contributed by atoms with Crippen molar-refractivity contribution in [1.82, 2.24) is 0 Å². The van der Waals surface area contributed by atoms with Crippen molar-refractivity contribution < 1.29 is 14.5 Å². The summed E-state index contributed by atoms with van der Waals surface area (Å²) in [5.41, 5.74) is 0.640. The van der Waals surface area contributed by atoms with Gasteiger partial charge in [-0.2, -0.15) is 0 Å². The Balaban J connectivity index is 2.90. The third-order valence-corrected chi connectivity index (χ3v) is 2.36. The maximum atomic E-state index is 11.3. The van der Waals surface area contributed by atoms with Gasteiger partial charge in [0.05, 0.1) is 16.5 Å². The number of hydrogen-bond donors (Lipinski definition) is 1. The molecule has 0 atom stereocenters. The number of nitrogens with zero attached hydrogens (tertiary/aromatic N) is 2. The number of halogens is 1. The lowest BCUT2D eigenvalue weighted by Gasteiger charge is -2.13. The topological polar surface area (TPSA) is 84.7 Å². The van der Waals surface area contributed by atoms with Crippen LogP contribution in [0.2, 0.25) is 0 Å². The molecule has 1 amide bonds. The number of nitrogens with one attached hydrogen (secondary N) is 1. The van der Waals surface area contributed by atoms with E-state index in [1.54, 1.807) is 31.1 Å². The standard InChI is InChI=1S/C11H14ClN3O4/c1-14(2)9-4-3-8(7-10(9)15(17)18)13-11(16)19-6-5-12/h3-4,7H,5-6H2,1-2H3,(H,13,16). The van der Waals surface area contributed by atoms with Gasteiger partial charge < -0.3 is 9.64 Å². The Morgan fingerprint density at radius 1 is 1.53 bits per heavy atom. The molecule has 0 unspecified atom stereocenters. The summed E-state index contributed by atoms with van der Waals surface area (Å²) in [5.74, 6) is 0.188. The minimum atomic E-state index is -0.701. The fourth-order valence-electron chi connectivity index (χ4n) is 1.41. The van der Waals surface area contributed by atoms with Gasteiger partial charge in [-0.1, -0.05) is 0 Å². The summed E-state index contributed by atoms with van der Waals surface area (Å²) in [6.45, 7) is 0.0747. The van der Waals surface area contributed by atoms with Gasteiger partial charge in [-0.05, 0) is 12.1 Å². The zero-order chi connectivity index (χ0) is 14.4. The maximum Gasteiger partial charge on any atom is 0.411 e. The van der Waals surface area contributed by atoms with Crippen LogP contribution >= 0.6 is 11.6 Å². The summed E-state index contributed by atoms with van der Waals surface area (Å²) in [7, 11) is 3.40. The monoisotopic (exact) mass is 287 g/mol. The van der Waals surface area contributed by atoms with Crippen molar-refractivity contribution in [2.45, 2.75) is 0 Å². The highest BCUT2D eigenvalue weighted by molar-refractivity contribution is 6.18. The van der Waals surface area contributed by atoms with Crippen LogP contribution in [0.15, 0.2) is 18.2 Å². The third kappa shape index (κ3) is 4.29. The normalized spacial score (nSPS) is 9.84. The van der Waals surface area contributed by atoms with Gasteiger partial charge in [0.2, 0.25) is 0 Å². The summed E-state index contributed by atoms with van der Waals surface area (Å²) in [6, 6.07) is 4.39. The lowest BCUT2D eigenvalue weighted by atomic mass is 10.2. The van der Waals surface area contributed by atoms with Crippen molar-refractivity contribution in [2.75, 3.05) is 36.8 Å². The van der Waals surface area contributed by atoms with Gasteiger partial charge in [0, 0.05) is 20.2 Å². The highest BCUT2D eigenvalue weighted by atomic mass is 35.5. The molecular weight excluding hydrogens is 274 g/mol. The molecule has 0 spiro atoms. The highest BCUT2D eigenvalue weighted by Gasteiger charge is 2.17. The molecule has 0 heterocycles. The molecule has 0 radical (unpaired) electrons. The van der Waals surface area contributed by atoms with Crippen molar-refractivity contribution in [3.05, 3.63) is 28.3 Å². The molecule has 19 heavy (non-hydrogen) atoms. The molecule has 0 aromatic heterocycles. The van der Waals surface area contributed by atoms with E-state index >= 15 is 0 Å². The van der Waals surface area contributed by atoms with Crippen molar-refractivity contribution in [3.63, 3.8) is 0 Å². The highest BCUT2D eigenvalue weighted by Crippen LogP contribution is 2.29. The Hall–Kier alpha value is -2.02. The quantitative estimate of drug-likeness (QED) is 0.511. The van der Waals surface area contributed by atoms with E-state index < -0.39 is 11.0 Å². The number of anilines is 2. The number of nitro groups is 1. The average Bonchev–Trinajstić information content (AvgIpc) is 2.35. The number of carbonyl (C=O) groups is 1. The van der Waals surface area contributed by atoms with Crippen LogP contribution in [0.25, 0.3) is 0 Å². The smallest absolute Gasteiger partial charge is 0.411 e. The SMILES string of the molecule is CN(C)c1ccc(NC(=O)OCCCl)cc1[N+](=O)[O-]. The minimum Gasteiger partial charge on any atom is -0.448 e. The Bertz CT molecular complexity index is 479. The summed E-state index contributed by atoms with van der Waals surface area (Å²) in [5, 5.41) is 13.3. The number of nitro benzene ring substituents is 1. The van der Waals surface area contributed by atoms with E-state index in [9.17, 15) is 14.9 Å². The lowest BCUT2D eigenvalue weighted by Crippen LogP contribution is -2.16. The van der Waals surface area contributed by atoms with Gasteiger partial charge >= 0.3 is 6.09 Å². The van der Waals surface area contributed by atoms with Gasteiger partial charge in [-0.25, -0.2) is 4.79 Å². The Labute approximate surface area is 115 Å². The zero-order valence-corrected chi connectivity index (χ0v) is 11.3. The summed E-state index contributed by atoms with van der Waals surface area (Å²) < 4.78 is 4.71. The molecular formula is C11H14ClN3O4. The predicted molar refractivity (Wildman–Crippen MR) is 73.1 cm³/mol. The molecule has 0 saturated carbocycles. The summed E-state index contributed by atoms with van der Waals surface area (Å²) in [4.78, 5) is 23.4. The molecule has 0 aliphatic rings. The van der Waals surface area contributed by atoms with Gasteiger partial charge in [0.25, 0.3) is 5.69 Å². The first-order chi connectivity index (χ1) is 8.95. The second-order valence-corrected chi connectivity index (χ2v) is 4.18. The van der Waals surface area contributed by atoms with Crippen LogP contribution < -0.4 is 10.2 Å². The minimum absolute atomic E-state index is 0.0747. The average molecular weight is 288 g/mol. The van der Waals surface area contributed by atoms with Crippen LogP contribution in [0.1, 0.15) is 0 Å². The van der Waals surface area contributed by atoms with Crippen LogP contribution in [0.4, 0.5) is 21.9 Å². The molecule has 1 rings (SSSR count). The Morgan fingerprint density at radius 2 is 2.21 bits per heavy atom. The molecule has 0 saturated heterocycles. The number of ether oxygens (including phenoxy) is 1. The molecule has 1 aromatic carbocycles. The van der Waals surface area contributed by atoms with Crippen molar-refractivity contribution >= 4 is 34.8 Å². The molecule has 0 bridgehead atoms. The molecule has 8 heteroatoms. The first-order valence-electron chi connectivity index (χ1n) is 5.41. The second kappa shape index (κ2) is 6.79. The van der Waals surface area contributed by atoms with Gasteiger partial charge in [-0.15, -0.1) is 11.6 Å². The lowest BCUT2D eigenvalue weighted by molar-refractivity contribution is -0.384. The predicted octanol–water partition coefficient (Wildman–Crippen LogP) is 2.45. The van der Waals surface area contributed by atoms with Gasteiger partial charge in [0.1, 0.15) is 12.3 Å². The number of rotatable bonds is 5. The molecule has 7 nitrogen and oxygen atoms in total. The Morgan fingerprint density at radius 3 is 2.74 bits per heavy atom. The van der Waals surface area contributed by atoms with Crippen molar-refractivity contribution in [3.8, 4) is 0 Å². The van der Waals surface area contributed by atoms with Crippen LogP contribution in [0.5, 0.6) is 0 Å². The number of amides is 1. The van der Waals surface area contributed by atoms with Crippen LogP contribution in [-0.4, -0.2) is 37.6 Å². The van der Waals surface area contributed by atoms with E-state index in [0.717, 1.165) is 0 Å². The van der Waals surface area contributed by atoms with E-state index in [0.29, 0.717) is 5.69 Å². The van der Waals surface area contributed by atoms with Gasteiger partial charge in [0.15, 0.2) is 0 Å². The zero-order valence-electron chi connectivity index (χ0n) is 10.6. The van der Waals surface area contributed by atoms with E-state index in [4.69, 9.17) is 16.3 Å². The summed E-state index contributed by atoms with van der Waals surface area (Å²) in [6.07, 6.45) is -0.701. The first kappa shape index (κ1) is 15.0. The van der Waals surface area contributed by atoms with Crippen LogP contribution in [-0.2, 0) is 4.74 Å². The van der Waals surface area contributed by atoms with Crippen LogP contribution in [0, 0.1) is 10.1 Å². The largest absolute Gasteiger partial charge is 0.448 e. The summed E-state index contributed by atoms with van der Waals surface area (Å²) >= 11 is 5.37. The molecule has 0 aliphatic heterocycles. The van der Waals surface area contributed by atoms with Crippen molar-refractivity contribution in [1.29, 1.82) is 0 Å². The second-order valence-electron chi connectivity index (χ2n) is 3.80. The number of benzene rings is 1. The molecule has 0 aliphatic carbocycles. The van der Waals surface area contributed by atoms with E-state index in [-0.39, 0.29) is 23.9 Å². The van der Waals surface area contributed by atoms with Crippen molar-refractivity contribution in [2.24, 2.45) is 0 Å². The van der Waals surface area contributed by atoms with Crippen LogP contribution in [0.3, 0.4) is 0 Å².